The van der Waals surface area contributed by atoms with Crippen molar-refractivity contribution < 1.29 is 4.42 Å². The normalized spacial score (nSPS) is 11.6. The Kier molecular flexibility index (Phi) is 6.60. The topological polar surface area (TPSA) is 64.7 Å². The molecular formula is C44H26N4OS. The average molecular weight is 659 g/mol. The first-order valence-corrected chi connectivity index (χ1v) is 17.3. The van der Waals surface area contributed by atoms with Gasteiger partial charge in [0.05, 0.1) is 0 Å². The number of aromatic nitrogens is 4. The molecule has 0 bridgehead atoms. The number of thiophene rings is 1. The second-order valence-electron chi connectivity index (χ2n) is 12.3. The third-order valence-electron chi connectivity index (χ3n) is 9.26. The van der Waals surface area contributed by atoms with Crippen LogP contribution in [-0.4, -0.2) is 19.9 Å². The molecule has 0 aliphatic carbocycles. The van der Waals surface area contributed by atoms with E-state index in [0.29, 0.717) is 17.5 Å². The van der Waals surface area contributed by atoms with Crippen LogP contribution in [0, 0.1) is 0 Å². The third kappa shape index (κ3) is 4.77. The maximum Gasteiger partial charge on any atom is 0.164 e. The van der Waals surface area contributed by atoms with Gasteiger partial charge >= 0.3 is 0 Å². The summed E-state index contributed by atoms with van der Waals surface area (Å²) >= 11 is 1.82. The first-order chi connectivity index (χ1) is 24.8. The molecule has 0 unspecified atom stereocenters. The molecule has 0 saturated heterocycles. The van der Waals surface area contributed by atoms with Crippen LogP contribution in [0.2, 0.25) is 0 Å². The van der Waals surface area contributed by atoms with E-state index in [9.17, 15) is 0 Å². The van der Waals surface area contributed by atoms with E-state index in [1.165, 1.54) is 20.2 Å². The molecule has 4 aromatic heterocycles. The van der Waals surface area contributed by atoms with Crippen molar-refractivity contribution in [1.29, 1.82) is 0 Å². The first-order valence-electron chi connectivity index (χ1n) is 16.5. The van der Waals surface area contributed by atoms with Gasteiger partial charge in [0.15, 0.2) is 17.5 Å². The fraction of sp³-hybridized carbons (Fsp3) is 0. The van der Waals surface area contributed by atoms with Crippen molar-refractivity contribution >= 4 is 53.4 Å². The van der Waals surface area contributed by atoms with Crippen molar-refractivity contribution in [3.63, 3.8) is 0 Å². The Bertz CT molecular complexity index is 2860. The summed E-state index contributed by atoms with van der Waals surface area (Å²) in [6.45, 7) is 0. The standard InChI is InChI=1S/C44H26N4OS/c1-2-9-28(10-3-1)42-46-43(29-18-16-27(17-19-29)31-11-8-24-45-26-31)48-44(47-42)36-23-22-32(41-40(36)35-13-4-6-14-37(35)49-41)30-20-21-34-33-12-5-7-15-38(33)50-39(34)25-30/h1-26H. The molecule has 10 rings (SSSR count). The van der Waals surface area contributed by atoms with Crippen molar-refractivity contribution in [3.05, 3.63) is 158 Å². The second kappa shape index (κ2) is 11.6. The number of hydrogen-bond acceptors (Lipinski definition) is 6. The quantitative estimate of drug-likeness (QED) is 0.184. The smallest absolute Gasteiger partial charge is 0.164 e. The maximum atomic E-state index is 6.68. The maximum absolute atomic E-state index is 6.68. The number of rotatable bonds is 5. The van der Waals surface area contributed by atoms with Crippen LogP contribution in [0.15, 0.2) is 162 Å². The number of benzene rings is 6. The van der Waals surface area contributed by atoms with Crippen LogP contribution in [0.4, 0.5) is 0 Å². The average Bonchev–Trinajstić information content (AvgIpc) is 3.77. The molecule has 0 atom stereocenters. The van der Waals surface area contributed by atoms with E-state index in [0.717, 1.165) is 60.9 Å². The van der Waals surface area contributed by atoms with Crippen LogP contribution in [0.5, 0.6) is 0 Å². The molecule has 4 heterocycles. The minimum atomic E-state index is 0.591. The van der Waals surface area contributed by atoms with E-state index in [-0.39, 0.29) is 0 Å². The summed E-state index contributed by atoms with van der Waals surface area (Å²) < 4.78 is 9.22. The molecule has 0 aliphatic heterocycles. The Hall–Kier alpha value is -6.50. The molecule has 0 amide bonds. The Morgan fingerprint density at radius 1 is 0.440 bits per heavy atom. The fourth-order valence-corrected chi connectivity index (χ4v) is 7.97. The Morgan fingerprint density at radius 3 is 1.90 bits per heavy atom. The highest BCUT2D eigenvalue weighted by Gasteiger charge is 2.21. The predicted molar refractivity (Wildman–Crippen MR) is 205 cm³/mol. The Balaban J connectivity index is 1.17. The predicted octanol–water partition coefficient (Wildman–Crippen LogP) is 11.9. The molecule has 0 fully saturated rings. The molecule has 0 spiro atoms. The van der Waals surface area contributed by atoms with Gasteiger partial charge in [0.2, 0.25) is 0 Å². The molecule has 6 heteroatoms. The monoisotopic (exact) mass is 658 g/mol. The molecule has 0 N–H and O–H groups in total. The Labute approximate surface area is 291 Å². The number of hydrogen-bond donors (Lipinski definition) is 0. The van der Waals surface area contributed by atoms with Gasteiger partial charge in [-0.15, -0.1) is 11.3 Å². The lowest BCUT2D eigenvalue weighted by molar-refractivity contribution is 0.670. The molecule has 0 saturated carbocycles. The van der Waals surface area contributed by atoms with Crippen LogP contribution in [0.25, 0.3) is 98.5 Å². The molecule has 234 valence electrons. The lowest BCUT2D eigenvalue weighted by atomic mass is 9.97. The number of fused-ring (bicyclic) bond motifs is 6. The first kappa shape index (κ1) is 28.5. The van der Waals surface area contributed by atoms with Gasteiger partial charge in [-0.25, -0.2) is 15.0 Å². The molecule has 6 aromatic carbocycles. The van der Waals surface area contributed by atoms with Gasteiger partial charge in [-0.1, -0.05) is 109 Å². The SMILES string of the molecule is c1ccc(-c2nc(-c3ccc(-c4cccnc4)cc3)nc(-c3ccc(-c4ccc5c(c4)sc4ccccc45)c4oc5ccccc5c34)n2)cc1. The van der Waals surface area contributed by atoms with Gasteiger partial charge in [0.1, 0.15) is 11.2 Å². The van der Waals surface area contributed by atoms with E-state index in [1.807, 2.05) is 66.1 Å². The zero-order chi connectivity index (χ0) is 33.0. The van der Waals surface area contributed by atoms with E-state index in [4.69, 9.17) is 19.4 Å². The lowest BCUT2D eigenvalue weighted by Gasteiger charge is -2.11. The van der Waals surface area contributed by atoms with E-state index in [2.05, 4.69) is 102 Å². The number of nitrogens with zero attached hydrogens (tertiary/aromatic N) is 4. The van der Waals surface area contributed by atoms with Crippen molar-refractivity contribution in [2.75, 3.05) is 0 Å². The zero-order valence-electron chi connectivity index (χ0n) is 26.6. The lowest BCUT2D eigenvalue weighted by Crippen LogP contribution is -2.00. The number of pyridine rings is 1. The fourth-order valence-electron chi connectivity index (χ4n) is 6.82. The van der Waals surface area contributed by atoms with Gasteiger partial charge in [0.25, 0.3) is 0 Å². The number of para-hydroxylation sites is 1. The highest BCUT2D eigenvalue weighted by atomic mass is 32.1. The Morgan fingerprint density at radius 2 is 1.08 bits per heavy atom. The molecule has 50 heavy (non-hydrogen) atoms. The van der Waals surface area contributed by atoms with Crippen LogP contribution >= 0.6 is 11.3 Å². The summed E-state index contributed by atoms with van der Waals surface area (Å²) in [6.07, 6.45) is 3.65. The largest absolute Gasteiger partial charge is 0.455 e. The van der Waals surface area contributed by atoms with Crippen molar-refractivity contribution in [3.8, 4) is 56.4 Å². The molecule has 10 aromatic rings. The zero-order valence-corrected chi connectivity index (χ0v) is 27.4. The third-order valence-corrected chi connectivity index (χ3v) is 10.4. The van der Waals surface area contributed by atoms with Gasteiger partial charge in [-0.2, -0.15) is 0 Å². The van der Waals surface area contributed by atoms with Gasteiger partial charge in [-0.3, -0.25) is 4.98 Å². The van der Waals surface area contributed by atoms with E-state index < -0.39 is 0 Å². The van der Waals surface area contributed by atoms with E-state index >= 15 is 0 Å². The second-order valence-corrected chi connectivity index (χ2v) is 13.3. The van der Waals surface area contributed by atoms with Crippen LogP contribution in [-0.2, 0) is 0 Å². The molecule has 0 radical (unpaired) electrons. The summed E-state index contributed by atoms with van der Waals surface area (Å²) in [5.74, 6) is 1.81. The van der Waals surface area contributed by atoms with Crippen molar-refractivity contribution in [2.24, 2.45) is 0 Å². The minimum absolute atomic E-state index is 0.591. The summed E-state index contributed by atoms with van der Waals surface area (Å²) in [4.78, 5) is 19.5. The summed E-state index contributed by atoms with van der Waals surface area (Å²) in [5.41, 5.74) is 8.63. The van der Waals surface area contributed by atoms with Crippen LogP contribution < -0.4 is 0 Å². The van der Waals surface area contributed by atoms with Crippen molar-refractivity contribution in [1.82, 2.24) is 19.9 Å². The number of furan rings is 1. The van der Waals surface area contributed by atoms with Gasteiger partial charge in [0, 0.05) is 65.6 Å². The van der Waals surface area contributed by atoms with Gasteiger partial charge in [-0.05, 0) is 53.1 Å². The summed E-state index contributed by atoms with van der Waals surface area (Å²) in [7, 11) is 0. The summed E-state index contributed by atoms with van der Waals surface area (Å²) in [5, 5.41) is 4.56. The highest BCUT2D eigenvalue weighted by molar-refractivity contribution is 7.25. The van der Waals surface area contributed by atoms with Crippen LogP contribution in [0.1, 0.15) is 0 Å². The molecular weight excluding hydrogens is 633 g/mol. The molecule has 0 aliphatic rings. The van der Waals surface area contributed by atoms with E-state index in [1.54, 1.807) is 6.20 Å². The minimum Gasteiger partial charge on any atom is -0.455 e. The van der Waals surface area contributed by atoms with Gasteiger partial charge < -0.3 is 4.42 Å². The van der Waals surface area contributed by atoms with Crippen LogP contribution in [0.3, 0.4) is 0 Å². The highest BCUT2D eigenvalue weighted by Crippen LogP contribution is 2.43. The van der Waals surface area contributed by atoms with Crippen molar-refractivity contribution in [2.45, 2.75) is 0 Å². The summed E-state index contributed by atoms with van der Waals surface area (Å²) in [6, 6.07) is 50.1. The molecule has 5 nitrogen and oxygen atoms in total.